The lowest BCUT2D eigenvalue weighted by Crippen LogP contribution is -2.43. The van der Waals surface area contributed by atoms with Crippen LogP contribution in [0.5, 0.6) is 0 Å². The number of rotatable bonds is 4. The summed E-state index contributed by atoms with van der Waals surface area (Å²) in [7, 11) is 0. The van der Waals surface area contributed by atoms with Crippen molar-refractivity contribution < 1.29 is 4.39 Å². The summed E-state index contributed by atoms with van der Waals surface area (Å²) < 4.78 is 12.8. The molecular weight excluding hydrogens is 227 g/mol. The van der Waals surface area contributed by atoms with Gasteiger partial charge in [-0.05, 0) is 49.6 Å². The average molecular weight is 250 g/mol. The molecule has 0 aliphatic carbocycles. The maximum absolute atomic E-state index is 12.8. The van der Waals surface area contributed by atoms with Crippen molar-refractivity contribution in [3.63, 3.8) is 0 Å². The molecule has 2 rings (SSSR count). The molecule has 100 valence electrons. The molecule has 1 saturated heterocycles. The van der Waals surface area contributed by atoms with Gasteiger partial charge in [0.1, 0.15) is 5.82 Å². The van der Waals surface area contributed by atoms with E-state index >= 15 is 0 Å². The number of hydrogen-bond donors (Lipinski definition) is 1. The zero-order valence-electron chi connectivity index (χ0n) is 11.3. The van der Waals surface area contributed by atoms with Gasteiger partial charge in [0.05, 0.1) is 0 Å². The monoisotopic (exact) mass is 250 g/mol. The highest BCUT2D eigenvalue weighted by Crippen LogP contribution is 2.17. The Bertz CT molecular complexity index is 361. The van der Waals surface area contributed by atoms with E-state index in [4.69, 9.17) is 0 Å². The quantitative estimate of drug-likeness (QED) is 0.881. The summed E-state index contributed by atoms with van der Waals surface area (Å²) in [5.74, 6) is 0.542. The van der Waals surface area contributed by atoms with Crippen LogP contribution in [0, 0.1) is 11.7 Å². The number of halogens is 1. The molecule has 1 fully saturated rings. The lowest BCUT2D eigenvalue weighted by molar-refractivity contribution is 0.195. The van der Waals surface area contributed by atoms with Crippen molar-refractivity contribution in [1.29, 1.82) is 0 Å². The molecule has 1 aliphatic rings. The number of anilines is 1. The summed E-state index contributed by atoms with van der Waals surface area (Å²) in [5.41, 5.74) is 1.02. The third-order valence-electron chi connectivity index (χ3n) is 3.34. The molecule has 1 aromatic carbocycles. The molecule has 1 heterocycles. The predicted molar refractivity (Wildman–Crippen MR) is 74.3 cm³/mol. The third kappa shape index (κ3) is 3.98. The highest BCUT2D eigenvalue weighted by atomic mass is 19.1. The van der Waals surface area contributed by atoms with Crippen molar-refractivity contribution in [1.82, 2.24) is 4.90 Å². The highest BCUT2D eigenvalue weighted by molar-refractivity contribution is 5.43. The Morgan fingerprint density at radius 1 is 1.33 bits per heavy atom. The zero-order chi connectivity index (χ0) is 13.0. The van der Waals surface area contributed by atoms with Crippen LogP contribution in [-0.2, 0) is 0 Å². The Labute approximate surface area is 109 Å². The van der Waals surface area contributed by atoms with Crippen LogP contribution in [-0.4, -0.2) is 30.6 Å². The molecule has 1 atom stereocenters. The van der Waals surface area contributed by atoms with Gasteiger partial charge in [-0.15, -0.1) is 0 Å². The highest BCUT2D eigenvalue weighted by Gasteiger charge is 2.19. The van der Waals surface area contributed by atoms with Crippen molar-refractivity contribution in [3.05, 3.63) is 30.1 Å². The molecule has 0 bridgehead atoms. The lowest BCUT2D eigenvalue weighted by atomic mass is 10.0. The summed E-state index contributed by atoms with van der Waals surface area (Å²) in [5, 5.41) is 3.50. The first-order valence-corrected chi connectivity index (χ1v) is 6.88. The van der Waals surface area contributed by atoms with E-state index in [1.54, 1.807) is 0 Å². The SMILES string of the molecule is CC(C)CN1CCCC(Nc2ccc(F)cc2)C1. The van der Waals surface area contributed by atoms with E-state index in [1.165, 1.54) is 38.1 Å². The Balaban J connectivity index is 1.87. The number of piperidine rings is 1. The Kier molecular flexibility index (Phi) is 4.59. The maximum atomic E-state index is 12.8. The smallest absolute Gasteiger partial charge is 0.123 e. The van der Waals surface area contributed by atoms with Crippen LogP contribution in [0.25, 0.3) is 0 Å². The van der Waals surface area contributed by atoms with Gasteiger partial charge < -0.3 is 10.2 Å². The first-order valence-electron chi connectivity index (χ1n) is 6.88. The Morgan fingerprint density at radius 3 is 2.72 bits per heavy atom. The normalized spacial score (nSPS) is 21.2. The van der Waals surface area contributed by atoms with Gasteiger partial charge in [-0.2, -0.15) is 0 Å². The average Bonchev–Trinajstić information content (AvgIpc) is 2.32. The molecule has 0 aromatic heterocycles. The van der Waals surface area contributed by atoms with Gasteiger partial charge in [0.15, 0.2) is 0 Å². The van der Waals surface area contributed by atoms with Crippen LogP contribution in [0.4, 0.5) is 10.1 Å². The first-order chi connectivity index (χ1) is 8.63. The first kappa shape index (κ1) is 13.3. The number of benzene rings is 1. The van der Waals surface area contributed by atoms with Gasteiger partial charge in [0.25, 0.3) is 0 Å². The minimum atomic E-state index is -0.175. The summed E-state index contributed by atoms with van der Waals surface area (Å²) in [6.45, 7) is 7.99. The summed E-state index contributed by atoms with van der Waals surface area (Å²) in [6.07, 6.45) is 2.44. The van der Waals surface area contributed by atoms with Crippen LogP contribution < -0.4 is 5.32 Å². The third-order valence-corrected chi connectivity index (χ3v) is 3.34. The summed E-state index contributed by atoms with van der Waals surface area (Å²) in [4.78, 5) is 2.52. The van der Waals surface area contributed by atoms with Crippen LogP contribution in [0.1, 0.15) is 26.7 Å². The molecule has 1 N–H and O–H groups in total. The van der Waals surface area contributed by atoms with Crippen LogP contribution in [0.3, 0.4) is 0 Å². The van der Waals surface area contributed by atoms with Crippen molar-refractivity contribution in [2.24, 2.45) is 5.92 Å². The fourth-order valence-corrected chi connectivity index (χ4v) is 2.64. The van der Waals surface area contributed by atoms with Gasteiger partial charge in [-0.25, -0.2) is 4.39 Å². The molecule has 0 radical (unpaired) electrons. The van der Waals surface area contributed by atoms with E-state index in [0.29, 0.717) is 6.04 Å². The topological polar surface area (TPSA) is 15.3 Å². The van der Waals surface area contributed by atoms with E-state index in [0.717, 1.165) is 18.2 Å². The second kappa shape index (κ2) is 6.19. The van der Waals surface area contributed by atoms with E-state index in [9.17, 15) is 4.39 Å². The van der Waals surface area contributed by atoms with E-state index < -0.39 is 0 Å². The summed E-state index contributed by atoms with van der Waals surface area (Å²) in [6, 6.07) is 7.14. The van der Waals surface area contributed by atoms with Gasteiger partial charge in [0.2, 0.25) is 0 Å². The number of nitrogens with one attached hydrogen (secondary N) is 1. The molecule has 2 nitrogen and oxygen atoms in total. The van der Waals surface area contributed by atoms with Gasteiger partial charge in [0, 0.05) is 24.8 Å². The Hall–Kier alpha value is -1.09. The molecule has 18 heavy (non-hydrogen) atoms. The van der Waals surface area contributed by atoms with Crippen molar-refractivity contribution in [2.45, 2.75) is 32.7 Å². The van der Waals surface area contributed by atoms with Crippen LogP contribution in [0.15, 0.2) is 24.3 Å². The van der Waals surface area contributed by atoms with Crippen molar-refractivity contribution >= 4 is 5.69 Å². The number of likely N-dealkylation sites (tertiary alicyclic amines) is 1. The summed E-state index contributed by atoms with van der Waals surface area (Å²) >= 11 is 0. The molecule has 1 unspecified atom stereocenters. The fraction of sp³-hybridized carbons (Fsp3) is 0.600. The second-order valence-electron chi connectivity index (χ2n) is 5.64. The van der Waals surface area contributed by atoms with Crippen LogP contribution in [0.2, 0.25) is 0 Å². The van der Waals surface area contributed by atoms with Gasteiger partial charge in [-0.3, -0.25) is 0 Å². The van der Waals surface area contributed by atoms with E-state index in [2.05, 4.69) is 24.1 Å². The molecule has 3 heteroatoms. The van der Waals surface area contributed by atoms with Gasteiger partial charge >= 0.3 is 0 Å². The minimum absolute atomic E-state index is 0.175. The fourth-order valence-electron chi connectivity index (χ4n) is 2.64. The Morgan fingerprint density at radius 2 is 2.06 bits per heavy atom. The molecule has 0 amide bonds. The molecule has 0 spiro atoms. The number of nitrogens with zero attached hydrogens (tertiary/aromatic N) is 1. The molecule has 0 saturated carbocycles. The molecular formula is C15H23FN2. The standard InChI is InChI=1S/C15H23FN2/c1-12(2)10-18-9-3-4-15(11-18)17-14-7-5-13(16)6-8-14/h5-8,12,15,17H,3-4,9-11H2,1-2H3. The van der Waals surface area contributed by atoms with Crippen molar-refractivity contribution in [3.8, 4) is 0 Å². The molecule has 1 aromatic rings. The van der Waals surface area contributed by atoms with Crippen molar-refractivity contribution in [2.75, 3.05) is 25.0 Å². The predicted octanol–water partition coefficient (Wildman–Crippen LogP) is 3.36. The maximum Gasteiger partial charge on any atom is 0.123 e. The van der Waals surface area contributed by atoms with E-state index in [-0.39, 0.29) is 5.82 Å². The van der Waals surface area contributed by atoms with Crippen LogP contribution >= 0.6 is 0 Å². The largest absolute Gasteiger partial charge is 0.381 e. The molecule has 1 aliphatic heterocycles. The van der Waals surface area contributed by atoms with Gasteiger partial charge in [-0.1, -0.05) is 13.8 Å². The lowest BCUT2D eigenvalue weighted by Gasteiger charge is -2.34. The number of hydrogen-bond acceptors (Lipinski definition) is 2. The van der Waals surface area contributed by atoms with E-state index in [1.807, 2.05) is 12.1 Å². The minimum Gasteiger partial charge on any atom is -0.381 e. The zero-order valence-corrected chi connectivity index (χ0v) is 11.3. The second-order valence-corrected chi connectivity index (χ2v) is 5.64.